The highest BCUT2D eigenvalue weighted by Crippen LogP contribution is 2.06. The zero-order valence-corrected chi connectivity index (χ0v) is 8.23. The second-order valence-electron chi connectivity index (χ2n) is 2.67. The minimum absolute atomic E-state index is 1.35. The van der Waals surface area contributed by atoms with Gasteiger partial charge in [-0.15, -0.1) is 0 Å². The fourth-order valence-corrected chi connectivity index (χ4v) is 1.20. The predicted octanol–water partition coefficient (Wildman–Crippen LogP) is 3.64. The lowest BCUT2D eigenvalue weighted by Gasteiger charge is -1.96. The van der Waals surface area contributed by atoms with Crippen molar-refractivity contribution in [2.75, 3.05) is 0 Å². The molecule has 1 aromatic carbocycles. The van der Waals surface area contributed by atoms with Crippen LogP contribution in [-0.4, -0.2) is 0 Å². The van der Waals surface area contributed by atoms with Crippen LogP contribution >= 0.6 is 0 Å². The normalized spacial score (nSPS) is 8.45. The summed E-state index contributed by atoms with van der Waals surface area (Å²) < 4.78 is 0. The quantitative estimate of drug-likeness (QED) is 0.529. The number of hydrogen-bond donors (Lipinski definition) is 0. The zero-order chi connectivity index (χ0) is 8.85. The van der Waals surface area contributed by atoms with Crippen molar-refractivity contribution in [1.29, 1.82) is 0 Å². The Balaban J connectivity index is 0.000000461. The molecule has 1 rings (SSSR count). The van der Waals surface area contributed by atoms with Crippen LogP contribution in [0.25, 0.3) is 0 Å². The van der Waals surface area contributed by atoms with Crippen molar-refractivity contribution >= 4 is 0 Å². The van der Waals surface area contributed by atoms with Crippen molar-refractivity contribution in [3.8, 4) is 0 Å². The van der Waals surface area contributed by atoms with Crippen LogP contribution in [0, 0.1) is 20.8 Å². The van der Waals surface area contributed by atoms with Crippen LogP contribution in [0.2, 0.25) is 0 Å². The van der Waals surface area contributed by atoms with E-state index in [1.807, 2.05) is 13.8 Å². The third kappa shape index (κ3) is 3.82. The molecule has 0 aliphatic heterocycles. The van der Waals surface area contributed by atoms with Gasteiger partial charge in [0.05, 0.1) is 0 Å². The van der Waals surface area contributed by atoms with Gasteiger partial charge < -0.3 is 0 Å². The second-order valence-corrected chi connectivity index (χ2v) is 2.67. The SMILES string of the molecule is CC.Cc1cc(C)cc(C)c1. The van der Waals surface area contributed by atoms with Gasteiger partial charge in [0, 0.05) is 0 Å². The first kappa shape index (κ1) is 10.2. The molecule has 0 saturated heterocycles. The molecule has 0 nitrogen and oxygen atoms in total. The molecule has 0 spiro atoms. The van der Waals surface area contributed by atoms with E-state index >= 15 is 0 Å². The van der Waals surface area contributed by atoms with Crippen molar-refractivity contribution in [1.82, 2.24) is 0 Å². The maximum Gasteiger partial charge on any atom is -0.0398 e. The van der Waals surface area contributed by atoms with Gasteiger partial charge in [-0.2, -0.15) is 0 Å². The van der Waals surface area contributed by atoms with Gasteiger partial charge in [-0.1, -0.05) is 48.7 Å². The summed E-state index contributed by atoms with van der Waals surface area (Å²) >= 11 is 0. The second kappa shape index (κ2) is 4.95. The van der Waals surface area contributed by atoms with Crippen molar-refractivity contribution in [2.45, 2.75) is 34.6 Å². The first-order valence-corrected chi connectivity index (χ1v) is 4.23. The standard InChI is InChI=1S/C9H12.C2H6/c1-7-4-8(2)6-9(3)5-7;1-2/h4-6H,1-3H3;1-2H3. The Morgan fingerprint density at radius 1 is 0.636 bits per heavy atom. The molecule has 0 aliphatic carbocycles. The van der Waals surface area contributed by atoms with E-state index in [4.69, 9.17) is 0 Å². The van der Waals surface area contributed by atoms with Gasteiger partial charge in [0.15, 0.2) is 0 Å². The van der Waals surface area contributed by atoms with Crippen molar-refractivity contribution in [3.05, 3.63) is 34.9 Å². The van der Waals surface area contributed by atoms with Gasteiger partial charge in [0.2, 0.25) is 0 Å². The number of benzene rings is 1. The molecular formula is C11H18. The zero-order valence-electron chi connectivity index (χ0n) is 8.23. The molecule has 0 N–H and O–H groups in total. The van der Waals surface area contributed by atoms with Crippen molar-refractivity contribution in [2.24, 2.45) is 0 Å². The molecule has 0 amide bonds. The van der Waals surface area contributed by atoms with E-state index in [-0.39, 0.29) is 0 Å². The number of hydrogen-bond acceptors (Lipinski definition) is 0. The lowest BCUT2D eigenvalue weighted by Crippen LogP contribution is -1.78. The number of aryl methyl sites for hydroxylation is 3. The molecular weight excluding hydrogens is 132 g/mol. The lowest BCUT2D eigenvalue weighted by molar-refractivity contribution is 1.32. The van der Waals surface area contributed by atoms with Crippen LogP contribution in [0.15, 0.2) is 18.2 Å². The highest BCUT2D eigenvalue weighted by Gasteiger charge is 1.87. The molecule has 0 radical (unpaired) electrons. The summed E-state index contributed by atoms with van der Waals surface area (Å²) in [6.07, 6.45) is 0. The third-order valence-corrected chi connectivity index (χ3v) is 1.37. The van der Waals surface area contributed by atoms with Gasteiger partial charge in [-0.05, 0) is 20.8 Å². The summed E-state index contributed by atoms with van der Waals surface area (Å²) in [4.78, 5) is 0. The Bertz CT molecular complexity index is 161. The monoisotopic (exact) mass is 150 g/mol. The average Bonchev–Trinajstić information content (AvgIpc) is 1.88. The Hall–Kier alpha value is -0.780. The Labute approximate surface area is 70.3 Å². The van der Waals surface area contributed by atoms with E-state index in [0.29, 0.717) is 0 Å². The van der Waals surface area contributed by atoms with E-state index in [2.05, 4.69) is 39.0 Å². The third-order valence-electron chi connectivity index (χ3n) is 1.37. The predicted molar refractivity (Wildman–Crippen MR) is 52.0 cm³/mol. The summed E-state index contributed by atoms with van der Waals surface area (Å²) in [5.41, 5.74) is 4.06. The molecule has 62 valence electrons. The molecule has 0 aromatic heterocycles. The van der Waals surface area contributed by atoms with Crippen molar-refractivity contribution in [3.63, 3.8) is 0 Å². The molecule has 0 heteroatoms. The average molecular weight is 150 g/mol. The summed E-state index contributed by atoms with van der Waals surface area (Å²) in [6, 6.07) is 6.56. The molecule has 0 bridgehead atoms. The van der Waals surface area contributed by atoms with Crippen LogP contribution in [0.3, 0.4) is 0 Å². The molecule has 0 unspecified atom stereocenters. The highest BCUT2D eigenvalue weighted by molar-refractivity contribution is 5.27. The summed E-state index contributed by atoms with van der Waals surface area (Å²) in [5.74, 6) is 0. The first-order chi connectivity index (χ1) is 5.18. The summed E-state index contributed by atoms with van der Waals surface area (Å²) in [6.45, 7) is 10.4. The van der Waals surface area contributed by atoms with Crippen molar-refractivity contribution < 1.29 is 0 Å². The Morgan fingerprint density at radius 3 is 1.00 bits per heavy atom. The lowest BCUT2D eigenvalue weighted by atomic mass is 10.1. The van der Waals surface area contributed by atoms with Gasteiger partial charge in [-0.3, -0.25) is 0 Å². The van der Waals surface area contributed by atoms with Gasteiger partial charge in [0.25, 0.3) is 0 Å². The Kier molecular flexibility index (Phi) is 4.60. The van der Waals surface area contributed by atoms with E-state index in [1.165, 1.54) is 16.7 Å². The van der Waals surface area contributed by atoms with Crippen LogP contribution in [0.5, 0.6) is 0 Å². The van der Waals surface area contributed by atoms with Crippen LogP contribution in [-0.2, 0) is 0 Å². The topological polar surface area (TPSA) is 0 Å². The molecule has 0 atom stereocenters. The number of rotatable bonds is 0. The van der Waals surface area contributed by atoms with Crippen LogP contribution in [0.1, 0.15) is 30.5 Å². The highest BCUT2D eigenvalue weighted by atomic mass is 13.9. The molecule has 0 aliphatic rings. The maximum absolute atomic E-state index is 2.19. The van der Waals surface area contributed by atoms with E-state index < -0.39 is 0 Å². The smallest absolute Gasteiger partial charge is 0.0398 e. The fourth-order valence-electron chi connectivity index (χ4n) is 1.20. The van der Waals surface area contributed by atoms with Crippen LogP contribution in [0.4, 0.5) is 0 Å². The van der Waals surface area contributed by atoms with E-state index in [9.17, 15) is 0 Å². The Morgan fingerprint density at radius 2 is 0.818 bits per heavy atom. The minimum Gasteiger partial charge on any atom is -0.0683 e. The first-order valence-electron chi connectivity index (χ1n) is 4.23. The molecule has 0 fully saturated rings. The summed E-state index contributed by atoms with van der Waals surface area (Å²) in [5, 5.41) is 0. The maximum atomic E-state index is 2.19. The molecule has 1 aromatic rings. The van der Waals surface area contributed by atoms with E-state index in [1.54, 1.807) is 0 Å². The van der Waals surface area contributed by atoms with E-state index in [0.717, 1.165) is 0 Å². The van der Waals surface area contributed by atoms with Gasteiger partial charge in [-0.25, -0.2) is 0 Å². The van der Waals surface area contributed by atoms with Crippen LogP contribution < -0.4 is 0 Å². The molecule has 11 heavy (non-hydrogen) atoms. The minimum atomic E-state index is 1.35. The largest absolute Gasteiger partial charge is 0.0683 e. The molecule has 0 saturated carbocycles. The molecule has 0 heterocycles. The van der Waals surface area contributed by atoms with Gasteiger partial charge >= 0.3 is 0 Å². The summed E-state index contributed by atoms with van der Waals surface area (Å²) in [7, 11) is 0. The van der Waals surface area contributed by atoms with Gasteiger partial charge in [0.1, 0.15) is 0 Å². The fraction of sp³-hybridized carbons (Fsp3) is 0.455.